The highest BCUT2D eigenvalue weighted by Crippen LogP contribution is 2.26. The standard InChI is InChI=1S/C21H23ClN4O5S/c1-2-26-18-5-4-15(32(28,29)25-7-9-30-10-8-25)12-17(18)24-20(26)13-31-19-6-3-14(22)11-16(19)21(23)27/h3-6,11-12H,2,7-10,13H2,1H3,(H2,23,27). The number of halogens is 1. The van der Waals surface area contributed by atoms with Gasteiger partial charge in [-0.15, -0.1) is 0 Å². The zero-order chi connectivity index (χ0) is 22.9. The number of nitrogens with two attached hydrogens (primary N) is 1. The fourth-order valence-electron chi connectivity index (χ4n) is 3.68. The number of primary amides is 1. The van der Waals surface area contributed by atoms with Gasteiger partial charge < -0.3 is 19.8 Å². The summed E-state index contributed by atoms with van der Waals surface area (Å²) < 4.78 is 40.4. The molecule has 1 amide bonds. The number of aryl methyl sites for hydroxylation is 1. The van der Waals surface area contributed by atoms with Gasteiger partial charge in [-0.1, -0.05) is 11.6 Å². The van der Waals surface area contributed by atoms with E-state index in [-0.39, 0.29) is 17.1 Å². The predicted octanol–water partition coefficient (Wildman–Crippen LogP) is 2.41. The van der Waals surface area contributed by atoms with E-state index in [9.17, 15) is 13.2 Å². The molecule has 2 aromatic carbocycles. The van der Waals surface area contributed by atoms with E-state index in [1.54, 1.807) is 30.3 Å². The van der Waals surface area contributed by atoms with Crippen molar-refractivity contribution in [1.82, 2.24) is 13.9 Å². The Morgan fingerprint density at radius 3 is 2.66 bits per heavy atom. The number of hydrogen-bond acceptors (Lipinski definition) is 6. The number of hydrogen-bond donors (Lipinski definition) is 1. The third-order valence-corrected chi connectivity index (χ3v) is 7.42. The molecule has 4 rings (SSSR count). The molecule has 2 N–H and O–H groups in total. The van der Waals surface area contributed by atoms with Gasteiger partial charge in [0.2, 0.25) is 10.0 Å². The molecule has 1 saturated heterocycles. The highest BCUT2D eigenvalue weighted by Gasteiger charge is 2.27. The molecule has 0 bridgehead atoms. The second-order valence-corrected chi connectivity index (χ2v) is 9.61. The third kappa shape index (κ3) is 4.31. The van der Waals surface area contributed by atoms with Crippen LogP contribution in [0.25, 0.3) is 11.0 Å². The number of nitrogens with zero attached hydrogens (tertiary/aromatic N) is 3. The molecule has 2 heterocycles. The van der Waals surface area contributed by atoms with Gasteiger partial charge in [0.15, 0.2) is 0 Å². The lowest BCUT2D eigenvalue weighted by Crippen LogP contribution is -2.40. The normalized spacial score (nSPS) is 15.2. The Balaban J connectivity index is 1.64. The molecule has 11 heteroatoms. The number of carbonyl (C=O) groups excluding carboxylic acids is 1. The molecule has 1 aliphatic heterocycles. The summed E-state index contributed by atoms with van der Waals surface area (Å²) in [6.07, 6.45) is 0. The van der Waals surface area contributed by atoms with Crippen LogP contribution in [0.4, 0.5) is 0 Å². The first-order valence-electron chi connectivity index (χ1n) is 10.1. The molecule has 170 valence electrons. The van der Waals surface area contributed by atoms with Gasteiger partial charge in [-0.2, -0.15) is 4.31 Å². The van der Waals surface area contributed by atoms with Gasteiger partial charge in [0, 0.05) is 24.7 Å². The second-order valence-electron chi connectivity index (χ2n) is 7.23. The molecule has 0 unspecified atom stereocenters. The Kier molecular flexibility index (Phi) is 6.38. The molecular formula is C21H23ClN4O5S. The molecule has 1 aliphatic rings. The maximum absolute atomic E-state index is 13.0. The number of morpholine rings is 1. The van der Waals surface area contributed by atoms with Crippen LogP contribution in [-0.4, -0.2) is 54.5 Å². The van der Waals surface area contributed by atoms with E-state index >= 15 is 0 Å². The molecule has 0 saturated carbocycles. The van der Waals surface area contributed by atoms with Gasteiger partial charge >= 0.3 is 0 Å². The first kappa shape index (κ1) is 22.5. The smallest absolute Gasteiger partial charge is 0.252 e. The number of benzene rings is 2. The van der Waals surface area contributed by atoms with E-state index in [1.807, 2.05) is 11.5 Å². The van der Waals surface area contributed by atoms with E-state index < -0.39 is 15.9 Å². The molecule has 3 aromatic rings. The van der Waals surface area contributed by atoms with Crippen molar-refractivity contribution >= 4 is 38.6 Å². The van der Waals surface area contributed by atoms with E-state index in [1.165, 1.54) is 10.4 Å². The van der Waals surface area contributed by atoms with E-state index in [0.717, 1.165) is 5.52 Å². The number of carbonyl (C=O) groups is 1. The van der Waals surface area contributed by atoms with Gasteiger partial charge in [0.25, 0.3) is 5.91 Å². The minimum absolute atomic E-state index is 0.0655. The monoisotopic (exact) mass is 478 g/mol. The van der Waals surface area contributed by atoms with Crippen molar-refractivity contribution in [3.63, 3.8) is 0 Å². The minimum Gasteiger partial charge on any atom is -0.485 e. The van der Waals surface area contributed by atoms with Gasteiger partial charge in [0.05, 0.1) is 34.7 Å². The van der Waals surface area contributed by atoms with Crippen LogP contribution >= 0.6 is 11.6 Å². The lowest BCUT2D eigenvalue weighted by Gasteiger charge is -2.26. The number of amides is 1. The SMILES string of the molecule is CCn1c(COc2ccc(Cl)cc2C(N)=O)nc2cc(S(=O)(=O)N3CCOCC3)ccc21. The summed E-state index contributed by atoms with van der Waals surface area (Å²) in [5, 5.41) is 0.376. The van der Waals surface area contributed by atoms with Crippen LogP contribution in [0.2, 0.25) is 5.02 Å². The van der Waals surface area contributed by atoms with Crippen molar-refractivity contribution in [1.29, 1.82) is 0 Å². The zero-order valence-electron chi connectivity index (χ0n) is 17.5. The fraction of sp³-hybridized carbons (Fsp3) is 0.333. The van der Waals surface area contributed by atoms with Gasteiger partial charge in [0.1, 0.15) is 18.2 Å². The van der Waals surface area contributed by atoms with Crippen LogP contribution in [-0.2, 0) is 27.9 Å². The number of aromatic nitrogens is 2. The minimum atomic E-state index is -3.63. The second kappa shape index (κ2) is 9.07. The molecule has 1 aromatic heterocycles. The van der Waals surface area contributed by atoms with E-state index in [2.05, 4.69) is 4.98 Å². The molecule has 1 fully saturated rings. The summed E-state index contributed by atoms with van der Waals surface area (Å²) in [7, 11) is -3.63. The maximum Gasteiger partial charge on any atom is 0.252 e. The Labute approximate surface area is 190 Å². The maximum atomic E-state index is 13.0. The first-order chi connectivity index (χ1) is 15.3. The fourth-order valence-corrected chi connectivity index (χ4v) is 5.28. The number of rotatable bonds is 7. The highest BCUT2D eigenvalue weighted by atomic mass is 35.5. The molecule has 0 spiro atoms. The predicted molar refractivity (Wildman–Crippen MR) is 119 cm³/mol. The van der Waals surface area contributed by atoms with Crippen LogP contribution in [0.1, 0.15) is 23.1 Å². The molecular weight excluding hydrogens is 456 g/mol. The van der Waals surface area contributed by atoms with Crippen molar-refractivity contribution in [2.75, 3.05) is 26.3 Å². The highest BCUT2D eigenvalue weighted by molar-refractivity contribution is 7.89. The number of sulfonamides is 1. The lowest BCUT2D eigenvalue weighted by atomic mass is 10.2. The van der Waals surface area contributed by atoms with Gasteiger partial charge in [-0.05, 0) is 43.3 Å². The number of ether oxygens (including phenoxy) is 2. The van der Waals surface area contributed by atoms with Crippen molar-refractivity contribution in [2.24, 2.45) is 5.73 Å². The Morgan fingerprint density at radius 1 is 1.22 bits per heavy atom. The van der Waals surface area contributed by atoms with Crippen LogP contribution in [0.15, 0.2) is 41.3 Å². The lowest BCUT2D eigenvalue weighted by molar-refractivity contribution is 0.0730. The summed E-state index contributed by atoms with van der Waals surface area (Å²) in [6, 6.07) is 9.55. The van der Waals surface area contributed by atoms with Crippen molar-refractivity contribution in [3.8, 4) is 5.75 Å². The van der Waals surface area contributed by atoms with Crippen molar-refractivity contribution in [3.05, 3.63) is 52.8 Å². The van der Waals surface area contributed by atoms with E-state index in [0.29, 0.717) is 55.0 Å². The third-order valence-electron chi connectivity index (χ3n) is 5.29. The Morgan fingerprint density at radius 2 is 1.97 bits per heavy atom. The summed E-state index contributed by atoms with van der Waals surface area (Å²) in [5.41, 5.74) is 6.94. The quantitative estimate of drug-likeness (QED) is 0.557. The summed E-state index contributed by atoms with van der Waals surface area (Å²) in [5.74, 6) is 0.241. The van der Waals surface area contributed by atoms with Crippen LogP contribution in [0.5, 0.6) is 5.75 Å². The molecule has 32 heavy (non-hydrogen) atoms. The Bertz CT molecular complexity index is 1270. The average molecular weight is 479 g/mol. The summed E-state index contributed by atoms with van der Waals surface area (Å²) in [6.45, 7) is 4.04. The largest absolute Gasteiger partial charge is 0.485 e. The zero-order valence-corrected chi connectivity index (χ0v) is 19.0. The molecule has 9 nitrogen and oxygen atoms in total. The molecule has 0 radical (unpaired) electrons. The first-order valence-corrected chi connectivity index (χ1v) is 11.9. The van der Waals surface area contributed by atoms with Crippen LogP contribution in [0.3, 0.4) is 0 Å². The summed E-state index contributed by atoms with van der Waals surface area (Å²) >= 11 is 5.95. The molecule has 0 atom stereocenters. The number of imidazole rings is 1. The van der Waals surface area contributed by atoms with Crippen molar-refractivity contribution in [2.45, 2.75) is 25.0 Å². The van der Waals surface area contributed by atoms with Crippen LogP contribution in [0, 0.1) is 0 Å². The van der Waals surface area contributed by atoms with Gasteiger partial charge in [-0.25, -0.2) is 13.4 Å². The summed E-state index contributed by atoms with van der Waals surface area (Å²) in [4.78, 5) is 16.5. The Hall–Kier alpha value is -2.66. The average Bonchev–Trinajstić information content (AvgIpc) is 3.15. The topological polar surface area (TPSA) is 117 Å². The van der Waals surface area contributed by atoms with Crippen LogP contribution < -0.4 is 10.5 Å². The number of fused-ring (bicyclic) bond motifs is 1. The van der Waals surface area contributed by atoms with E-state index in [4.69, 9.17) is 26.8 Å². The van der Waals surface area contributed by atoms with Crippen molar-refractivity contribution < 1.29 is 22.7 Å². The van der Waals surface area contributed by atoms with Gasteiger partial charge in [-0.3, -0.25) is 4.79 Å². The molecule has 0 aliphatic carbocycles.